The second-order valence-electron chi connectivity index (χ2n) is 5.09. The fourth-order valence-corrected chi connectivity index (χ4v) is 2.23. The molecule has 3 N–H and O–H groups in total. The number of anilines is 3. The highest BCUT2D eigenvalue weighted by Crippen LogP contribution is 2.21. The summed E-state index contributed by atoms with van der Waals surface area (Å²) in [5, 5.41) is 3.47. The fourth-order valence-electron chi connectivity index (χ4n) is 2.23. The maximum Gasteiger partial charge on any atom is 0.209 e. The van der Waals surface area contributed by atoms with Crippen LogP contribution in [0.5, 0.6) is 0 Å². The molecule has 0 unspecified atom stereocenters. The van der Waals surface area contributed by atoms with Crippen LogP contribution in [0.1, 0.15) is 12.8 Å². The van der Waals surface area contributed by atoms with Gasteiger partial charge in [-0.2, -0.15) is 0 Å². The highest BCUT2D eigenvalue weighted by molar-refractivity contribution is 5.59. The molecule has 6 heteroatoms. The minimum absolute atomic E-state index is 0.382. The molecule has 0 bridgehead atoms. The Morgan fingerprint density at radius 2 is 2.11 bits per heavy atom. The maximum absolute atomic E-state index is 10.7. The van der Waals surface area contributed by atoms with Crippen LogP contribution in [0.2, 0.25) is 0 Å². The quantitative estimate of drug-likeness (QED) is 0.785. The summed E-state index contributed by atoms with van der Waals surface area (Å²) in [6.07, 6.45) is 2.83. The zero-order chi connectivity index (χ0) is 13.8. The predicted octanol–water partition coefficient (Wildman–Crippen LogP) is 0.762. The molecule has 1 aromatic rings. The third-order valence-electron chi connectivity index (χ3n) is 3.34. The molecule has 104 valence electrons. The second-order valence-corrected chi connectivity index (χ2v) is 5.09. The normalized spacial score (nSPS) is 16.2. The lowest BCUT2D eigenvalue weighted by atomic mass is 10.1. The molecule has 1 fully saturated rings. The molecule has 0 atom stereocenters. The first-order valence-electron chi connectivity index (χ1n) is 6.49. The third-order valence-corrected chi connectivity index (χ3v) is 3.34. The number of nitrogens with two attached hydrogens (primary N) is 1. The van der Waals surface area contributed by atoms with E-state index >= 15 is 0 Å². The lowest BCUT2D eigenvalue weighted by Gasteiger charge is -2.30. The fraction of sp³-hybridized carbons (Fsp3) is 0.538. The van der Waals surface area contributed by atoms with Gasteiger partial charge in [0, 0.05) is 51.0 Å². The molecule has 1 aromatic heterocycles. The van der Waals surface area contributed by atoms with Gasteiger partial charge in [-0.1, -0.05) is 0 Å². The van der Waals surface area contributed by atoms with Crippen LogP contribution < -0.4 is 16.0 Å². The summed E-state index contributed by atoms with van der Waals surface area (Å²) in [6, 6.07) is 4.22. The molecule has 1 amide bonds. The van der Waals surface area contributed by atoms with Gasteiger partial charge in [-0.05, 0) is 12.8 Å². The molecule has 1 aliphatic rings. The molecule has 0 aromatic carbocycles. The van der Waals surface area contributed by atoms with Gasteiger partial charge in [0.2, 0.25) is 6.41 Å². The van der Waals surface area contributed by atoms with Gasteiger partial charge in [0.1, 0.15) is 11.6 Å². The number of hydrogen-bond donors (Lipinski definition) is 2. The first kappa shape index (κ1) is 13.5. The van der Waals surface area contributed by atoms with Crippen molar-refractivity contribution in [3.8, 4) is 0 Å². The molecule has 0 spiro atoms. The molecule has 6 nitrogen and oxygen atoms in total. The van der Waals surface area contributed by atoms with Crippen molar-refractivity contribution in [3.63, 3.8) is 0 Å². The zero-order valence-corrected chi connectivity index (χ0v) is 11.5. The summed E-state index contributed by atoms with van der Waals surface area (Å²) in [6.45, 7) is 1.62. The number of amides is 1. The van der Waals surface area contributed by atoms with Gasteiger partial charge in [-0.25, -0.2) is 4.98 Å². The van der Waals surface area contributed by atoms with Gasteiger partial charge in [0.15, 0.2) is 0 Å². The molecule has 1 aliphatic heterocycles. The smallest absolute Gasteiger partial charge is 0.209 e. The third kappa shape index (κ3) is 3.49. The zero-order valence-electron chi connectivity index (χ0n) is 11.5. The number of nitrogens with zero attached hydrogens (tertiary/aromatic N) is 3. The van der Waals surface area contributed by atoms with E-state index in [9.17, 15) is 4.79 Å². The average molecular weight is 263 g/mol. The lowest BCUT2D eigenvalue weighted by molar-refractivity contribution is -0.118. The van der Waals surface area contributed by atoms with E-state index < -0.39 is 0 Å². The maximum atomic E-state index is 10.7. The molecule has 1 saturated heterocycles. The summed E-state index contributed by atoms with van der Waals surface area (Å²) in [4.78, 5) is 18.7. The highest BCUT2D eigenvalue weighted by Gasteiger charge is 2.18. The number of nitrogens with one attached hydrogen (secondary N) is 1. The summed E-state index contributed by atoms with van der Waals surface area (Å²) >= 11 is 0. The van der Waals surface area contributed by atoms with Crippen LogP contribution in [0.15, 0.2) is 12.1 Å². The molecule has 0 radical (unpaired) electrons. The van der Waals surface area contributed by atoms with E-state index in [1.54, 1.807) is 0 Å². The van der Waals surface area contributed by atoms with Gasteiger partial charge in [-0.15, -0.1) is 0 Å². The van der Waals surface area contributed by atoms with Crippen LogP contribution in [-0.2, 0) is 4.79 Å². The summed E-state index contributed by atoms with van der Waals surface area (Å²) in [5.41, 5.74) is 6.80. The number of aromatic nitrogens is 1. The van der Waals surface area contributed by atoms with Crippen LogP contribution >= 0.6 is 0 Å². The Morgan fingerprint density at radius 3 is 2.68 bits per heavy atom. The minimum Gasteiger partial charge on any atom is -0.384 e. The van der Waals surface area contributed by atoms with Crippen molar-refractivity contribution < 1.29 is 4.79 Å². The molecular weight excluding hydrogens is 242 g/mol. The van der Waals surface area contributed by atoms with Gasteiger partial charge in [-0.3, -0.25) is 4.79 Å². The van der Waals surface area contributed by atoms with Gasteiger partial charge < -0.3 is 20.9 Å². The number of nitrogen functional groups attached to an aromatic ring is 1. The Kier molecular flexibility index (Phi) is 4.09. The van der Waals surface area contributed by atoms with Crippen molar-refractivity contribution in [1.29, 1.82) is 0 Å². The molecule has 19 heavy (non-hydrogen) atoms. The standard InChI is InChI=1S/C13H21N5O/c1-17(2)13-8-11(7-12(14)16-13)15-10-3-5-18(9-19)6-4-10/h7-10H,3-6H2,1-2H3,(H3,14,15,16). The first-order chi connectivity index (χ1) is 9.08. The number of hydrogen-bond acceptors (Lipinski definition) is 5. The lowest BCUT2D eigenvalue weighted by Crippen LogP contribution is -2.38. The molecular formula is C13H21N5O. The number of carbonyl (C=O) groups excluding carboxylic acids is 1. The Morgan fingerprint density at radius 1 is 1.42 bits per heavy atom. The Hall–Kier alpha value is -1.98. The van der Waals surface area contributed by atoms with E-state index in [2.05, 4.69) is 10.3 Å². The highest BCUT2D eigenvalue weighted by atomic mass is 16.1. The van der Waals surface area contributed by atoms with Crippen LogP contribution in [0.3, 0.4) is 0 Å². The van der Waals surface area contributed by atoms with Crippen molar-refractivity contribution in [1.82, 2.24) is 9.88 Å². The van der Waals surface area contributed by atoms with E-state index in [0.717, 1.165) is 43.8 Å². The summed E-state index contributed by atoms with van der Waals surface area (Å²) in [7, 11) is 3.88. The molecule has 0 saturated carbocycles. The Labute approximate surface area is 113 Å². The topological polar surface area (TPSA) is 74.5 Å². The number of pyridine rings is 1. The number of piperidine rings is 1. The van der Waals surface area contributed by atoms with E-state index in [0.29, 0.717) is 11.9 Å². The minimum atomic E-state index is 0.382. The van der Waals surface area contributed by atoms with Crippen LogP contribution in [0.25, 0.3) is 0 Å². The summed E-state index contributed by atoms with van der Waals surface area (Å²) < 4.78 is 0. The van der Waals surface area contributed by atoms with Crippen LogP contribution in [-0.4, -0.2) is 49.5 Å². The molecule has 0 aliphatic carbocycles. The average Bonchev–Trinajstić information content (AvgIpc) is 2.39. The number of likely N-dealkylation sites (tertiary alicyclic amines) is 1. The first-order valence-corrected chi connectivity index (χ1v) is 6.49. The predicted molar refractivity (Wildman–Crippen MR) is 77.3 cm³/mol. The van der Waals surface area contributed by atoms with Crippen molar-refractivity contribution >= 4 is 23.7 Å². The van der Waals surface area contributed by atoms with E-state index in [-0.39, 0.29) is 0 Å². The van der Waals surface area contributed by atoms with Crippen molar-refractivity contribution in [2.75, 3.05) is 43.1 Å². The van der Waals surface area contributed by atoms with E-state index in [4.69, 9.17) is 5.73 Å². The van der Waals surface area contributed by atoms with Crippen LogP contribution in [0.4, 0.5) is 17.3 Å². The van der Waals surface area contributed by atoms with E-state index in [1.807, 2.05) is 36.0 Å². The SMILES string of the molecule is CN(C)c1cc(NC2CCN(C=O)CC2)cc(N)n1. The van der Waals surface area contributed by atoms with Gasteiger partial charge in [0.25, 0.3) is 0 Å². The number of carbonyl (C=O) groups is 1. The van der Waals surface area contributed by atoms with Gasteiger partial charge in [0.05, 0.1) is 0 Å². The van der Waals surface area contributed by atoms with Crippen molar-refractivity contribution in [2.45, 2.75) is 18.9 Å². The Balaban J connectivity index is 2.01. The number of rotatable bonds is 4. The monoisotopic (exact) mass is 263 g/mol. The molecule has 2 heterocycles. The van der Waals surface area contributed by atoms with Crippen molar-refractivity contribution in [3.05, 3.63) is 12.1 Å². The molecule has 2 rings (SSSR count). The Bertz CT molecular complexity index is 441. The largest absolute Gasteiger partial charge is 0.384 e. The second kappa shape index (κ2) is 5.77. The summed E-state index contributed by atoms with van der Waals surface area (Å²) in [5.74, 6) is 1.35. The van der Waals surface area contributed by atoms with Crippen molar-refractivity contribution in [2.24, 2.45) is 0 Å². The van der Waals surface area contributed by atoms with Crippen LogP contribution in [0, 0.1) is 0 Å². The van der Waals surface area contributed by atoms with Gasteiger partial charge >= 0.3 is 0 Å². The van der Waals surface area contributed by atoms with E-state index in [1.165, 1.54) is 0 Å².